The van der Waals surface area contributed by atoms with E-state index in [9.17, 15) is 4.79 Å². The number of amides is 1. The zero-order chi connectivity index (χ0) is 13.1. The molecule has 0 spiro atoms. The minimum atomic E-state index is -0.181. The molecule has 1 unspecified atom stereocenters. The standard InChI is InChI=1S/C13H16BrClN2O/c1-8(13(18)17-10-3-4-10)16-7-9-2-5-12(15)11(14)6-9/h2,5-6,8,10,16H,3-4,7H2,1H3,(H,17,18). The lowest BCUT2D eigenvalue weighted by Crippen LogP contribution is -2.42. The van der Waals surface area contributed by atoms with Gasteiger partial charge in [0.05, 0.1) is 11.1 Å². The van der Waals surface area contributed by atoms with E-state index in [0.717, 1.165) is 22.9 Å². The fourth-order valence-electron chi connectivity index (χ4n) is 1.57. The third-order valence-corrected chi connectivity index (χ3v) is 4.13. The van der Waals surface area contributed by atoms with Crippen LogP contribution in [0.25, 0.3) is 0 Å². The predicted molar refractivity (Wildman–Crippen MR) is 76.6 cm³/mol. The zero-order valence-corrected chi connectivity index (χ0v) is 12.5. The lowest BCUT2D eigenvalue weighted by molar-refractivity contribution is -0.122. The summed E-state index contributed by atoms with van der Waals surface area (Å²) in [5, 5.41) is 6.87. The summed E-state index contributed by atoms with van der Waals surface area (Å²) in [6.07, 6.45) is 2.23. The Kier molecular flexibility index (Phi) is 4.65. The van der Waals surface area contributed by atoms with E-state index >= 15 is 0 Å². The first-order valence-electron chi connectivity index (χ1n) is 6.04. The van der Waals surface area contributed by atoms with Crippen molar-refractivity contribution in [3.63, 3.8) is 0 Å². The van der Waals surface area contributed by atoms with Gasteiger partial charge >= 0.3 is 0 Å². The molecule has 1 saturated carbocycles. The topological polar surface area (TPSA) is 41.1 Å². The minimum absolute atomic E-state index is 0.0746. The van der Waals surface area contributed by atoms with Crippen molar-refractivity contribution in [2.75, 3.05) is 0 Å². The average molecular weight is 332 g/mol. The molecule has 2 rings (SSSR count). The number of benzene rings is 1. The predicted octanol–water partition coefficient (Wildman–Crippen LogP) is 2.86. The first kappa shape index (κ1) is 13.8. The highest BCUT2D eigenvalue weighted by Crippen LogP contribution is 2.23. The zero-order valence-electron chi connectivity index (χ0n) is 10.2. The third-order valence-electron chi connectivity index (χ3n) is 2.91. The molecule has 1 atom stereocenters. The molecule has 0 heterocycles. The van der Waals surface area contributed by atoms with E-state index in [0.29, 0.717) is 17.6 Å². The van der Waals surface area contributed by atoms with Crippen molar-refractivity contribution >= 4 is 33.4 Å². The van der Waals surface area contributed by atoms with Crippen LogP contribution < -0.4 is 10.6 Å². The molecule has 0 aromatic heterocycles. The molecule has 0 radical (unpaired) electrons. The van der Waals surface area contributed by atoms with Gasteiger partial charge in [-0.2, -0.15) is 0 Å². The van der Waals surface area contributed by atoms with Gasteiger partial charge in [0.2, 0.25) is 5.91 Å². The molecule has 1 aliphatic rings. The molecule has 98 valence electrons. The fourth-order valence-corrected chi connectivity index (χ4v) is 2.11. The van der Waals surface area contributed by atoms with E-state index < -0.39 is 0 Å². The molecule has 0 aliphatic heterocycles. The third kappa shape index (κ3) is 3.97. The highest BCUT2D eigenvalue weighted by atomic mass is 79.9. The van der Waals surface area contributed by atoms with E-state index in [1.165, 1.54) is 0 Å². The van der Waals surface area contributed by atoms with Crippen molar-refractivity contribution in [1.82, 2.24) is 10.6 Å². The van der Waals surface area contributed by atoms with Crippen LogP contribution in [-0.4, -0.2) is 18.0 Å². The van der Waals surface area contributed by atoms with Crippen LogP contribution in [-0.2, 0) is 11.3 Å². The summed E-state index contributed by atoms with van der Waals surface area (Å²) in [7, 11) is 0. The SMILES string of the molecule is CC(NCc1ccc(Cl)c(Br)c1)C(=O)NC1CC1. The van der Waals surface area contributed by atoms with E-state index in [2.05, 4.69) is 26.6 Å². The molecule has 1 aliphatic carbocycles. The Morgan fingerprint density at radius 3 is 2.89 bits per heavy atom. The highest BCUT2D eigenvalue weighted by Gasteiger charge is 2.25. The maximum atomic E-state index is 11.7. The normalized spacial score (nSPS) is 16.4. The molecule has 1 aromatic carbocycles. The van der Waals surface area contributed by atoms with Crippen molar-refractivity contribution in [3.8, 4) is 0 Å². The molecule has 18 heavy (non-hydrogen) atoms. The summed E-state index contributed by atoms with van der Waals surface area (Å²) in [5.74, 6) is 0.0746. The quantitative estimate of drug-likeness (QED) is 0.871. The van der Waals surface area contributed by atoms with Crippen molar-refractivity contribution in [2.24, 2.45) is 0 Å². The van der Waals surface area contributed by atoms with Gasteiger partial charge in [0.1, 0.15) is 0 Å². The lowest BCUT2D eigenvalue weighted by Gasteiger charge is -2.14. The first-order valence-corrected chi connectivity index (χ1v) is 7.21. The number of nitrogens with one attached hydrogen (secondary N) is 2. The molecular weight excluding hydrogens is 316 g/mol. The molecule has 5 heteroatoms. The fraction of sp³-hybridized carbons (Fsp3) is 0.462. The summed E-state index contributed by atoms with van der Waals surface area (Å²) in [5.41, 5.74) is 1.09. The highest BCUT2D eigenvalue weighted by molar-refractivity contribution is 9.10. The maximum Gasteiger partial charge on any atom is 0.237 e. The Balaban J connectivity index is 1.82. The Morgan fingerprint density at radius 2 is 2.28 bits per heavy atom. The Labute approximate surface area is 120 Å². The molecule has 1 amide bonds. The number of carbonyl (C=O) groups excluding carboxylic acids is 1. The van der Waals surface area contributed by atoms with Gasteiger partial charge in [0.15, 0.2) is 0 Å². The summed E-state index contributed by atoms with van der Waals surface area (Å²) in [6.45, 7) is 2.53. The number of halogens is 2. The maximum absolute atomic E-state index is 11.7. The molecule has 1 aromatic rings. The van der Waals surface area contributed by atoms with E-state index in [-0.39, 0.29) is 11.9 Å². The van der Waals surface area contributed by atoms with Gasteiger partial charge in [-0.05, 0) is 53.4 Å². The van der Waals surface area contributed by atoms with Gasteiger partial charge in [0.25, 0.3) is 0 Å². The van der Waals surface area contributed by atoms with Crippen LogP contribution >= 0.6 is 27.5 Å². The van der Waals surface area contributed by atoms with Crippen molar-refractivity contribution in [3.05, 3.63) is 33.3 Å². The van der Waals surface area contributed by atoms with Crippen LogP contribution in [0, 0.1) is 0 Å². The minimum Gasteiger partial charge on any atom is -0.352 e. The van der Waals surface area contributed by atoms with Gasteiger partial charge in [-0.15, -0.1) is 0 Å². The Bertz CT molecular complexity index is 449. The molecule has 0 bridgehead atoms. The van der Waals surface area contributed by atoms with Crippen LogP contribution in [0.5, 0.6) is 0 Å². The summed E-state index contributed by atoms with van der Waals surface area (Å²) in [6, 6.07) is 5.98. The van der Waals surface area contributed by atoms with Crippen molar-refractivity contribution in [1.29, 1.82) is 0 Å². The molecule has 2 N–H and O–H groups in total. The van der Waals surface area contributed by atoms with Gasteiger partial charge in [-0.25, -0.2) is 0 Å². The van der Waals surface area contributed by atoms with Crippen LogP contribution in [0.15, 0.2) is 22.7 Å². The van der Waals surface area contributed by atoms with E-state index in [1.54, 1.807) is 0 Å². The Morgan fingerprint density at radius 1 is 1.56 bits per heavy atom. The number of hydrogen-bond donors (Lipinski definition) is 2. The second kappa shape index (κ2) is 6.04. The molecule has 3 nitrogen and oxygen atoms in total. The van der Waals surface area contributed by atoms with Crippen LogP contribution in [0.2, 0.25) is 5.02 Å². The number of carbonyl (C=O) groups is 1. The van der Waals surface area contributed by atoms with Gasteiger partial charge < -0.3 is 10.6 Å². The summed E-state index contributed by atoms with van der Waals surface area (Å²) >= 11 is 9.31. The van der Waals surface area contributed by atoms with E-state index in [4.69, 9.17) is 11.6 Å². The van der Waals surface area contributed by atoms with Crippen LogP contribution in [0.1, 0.15) is 25.3 Å². The van der Waals surface area contributed by atoms with E-state index in [1.807, 2.05) is 25.1 Å². The Hall–Kier alpha value is -0.580. The van der Waals surface area contributed by atoms with Crippen molar-refractivity contribution < 1.29 is 4.79 Å². The monoisotopic (exact) mass is 330 g/mol. The van der Waals surface area contributed by atoms with Gasteiger partial charge in [0, 0.05) is 17.1 Å². The molecule has 1 fully saturated rings. The first-order chi connectivity index (χ1) is 8.56. The van der Waals surface area contributed by atoms with Crippen molar-refractivity contribution in [2.45, 2.75) is 38.4 Å². The second-order valence-electron chi connectivity index (χ2n) is 4.63. The van der Waals surface area contributed by atoms with Gasteiger partial charge in [-0.1, -0.05) is 17.7 Å². The second-order valence-corrected chi connectivity index (χ2v) is 5.90. The van der Waals surface area contributed by atoms with Crippen LogP contribution in [0.4, 0.5) is 0 Å². The van der Waals surface area contributed by atoms with Gasteiger partial charge in [-0.3, -0.25) is 4.79 Å². The van der Waals surface area contributed by atoms with Crippen LogP contribution in [0.3, 0.4) is 0 Å². The average Bonchev–Trinajstić information content (AvgIpc) is 3.14. The molecule has 0 saturated heterocycles. The molecular formula is C13H16BrClN2O. The lowest BCUT2D eigenvalue weighted by atomic mass is 10.2. The summed E-state index contributed by atoms with van der Waals surface area (Å²) in [4.78, 5) is 11.7. The number of hydrogen-bond acceptors (Lipinski definition) is 2. The summed E-state index contributed by atoms with van der Waals surface area (Å²) < 4.78 is 0.874. The largest absolute Gasteiger partial charge is 0.352 e. The smallest absolute Gasteiger partial charge is 0.237 e. The number of rotatable bonds is 5.